The fraction of sp³-hybridized carbons (Fsp3) is 0.138. The third kappa shape index (κ3) is 5.78. The highest BCUT2D eigenvalue weighted by molar-refractivity contribution is 7.23. The predicted molar refractivity (Wildman–Crippen MR) is 158 cm³/mol. The Balaban J connectivity index is 1.70. The molecule has 0 amide bonds. The summed E-state index contributed by atoms with van der Waals surface area (Å²) >= 11 is 2.29. The van der Waals surface area contributed by atoms with Gasteiger partial charge in [0.1, 0.15) is 42.8 Å². The molecule has 0 bridgehead atoms. The molecule has 0 saturated carbocycles. The molecule has 0 fully saturated rings. The first-order valence-electron chi connectivity index (χ1n) is 12.3. The number of benzene rings is 2. The summed E-state index contributed by atoms with van der Waals surface area (Å²) in [6.45, 7) is 3.88. The van der Waals surface area contributed by atoms with Gasteiger partial charge in [0.2, 0.25) is 0 Å². The van der Waals surface area contributed by atoms with Crippen molar-refractivity contribution in [2.24, 2.45) is 20.0 Å². The number of aliphatic imine (C=N–C) groups is 4. The van der Waals surface area contributed by atoms with Gasteiger partial charge in [-0.1, -0.05) is 36.4 Å². The van der Waals surface area contributed by atoms with Crippen molar-refractivity contribution in [3.63, 3.8) is 0 Å². The molecular weight excluding hydrogens is 546 g/mol. The van der Waals surface area contributed by atoms with Crippen LogP contribution in [0.2, 0.25) is 0 Å². The summed E-state index contributed by atoms with van der Waals surface area (Å²) in [5.74, 6) is -1.04. The molecule has 198 valence electrons. The van der Waals surface area contributed by atoms with Gasteiger partial charge in [-0.25, -0.2) is 14.6 Å². The maximum atomic E-state index is 12.8. The van der Waals surface area contributed by atoms with Crippen LogP contribution in [0.1, 0.15) is 33.2 Å². The van der Waals surface area contributed by atoms with Crippen LogP contribution in [-0.4, -0.2) is 42.2 Å². The van der Waals surface area contributed by atoms with Gasteiger partial charge in [-0.2, -0.15) is 20.0 Å². The van der Waals surface area contributed by atoms with Crippen LogP contribution in [-0.2, 0) is 9.47 Å². The lowest BCUT2D eigenvalue weighted by molar-refractivity contribution is 0.0523. The van der Waals surface area contributed by atoms with E-state index in [2.05, 4.69) is 32.0 Å². The Morgan fingerprint density at radius 3 is 1.52 bits per heavy atom. The molecule has 40 heavy (non-hydrogen) atoms. The molecule has 3 heterocycles. The Hall–Kier alpha value is -4.79. The molecule has 0 aliphatic rings. The molecule has 11 heteroatoms. The van der Waals surface area contributed by atoms with Crippen LogP contribution >= 0.6 is 22.7 Å². The van der Waals surface area contributed by atoms with Crippen LogP contribution in [0.5, 0.6) is 0 Å². The minimum atomic E-state index is -0.519. The quantitative estimate of drug-likeness (QED) is 0.139. The van der Waals surface area contributed by atoms with Crippen molar-refractivity contribution in [1.82, 2.24) is 4.98 Å². The molecule has 5 rings (SSSR count). The highest BCUT2D eigenvalue weighted by Crippen LogP contribution is 2.44. The first-order chi connectivity index (χ1) is 19.6. The smallest absolute Gasteiger partial charge is 0.350 e. The predicted octanol–water partition coefficient (Wildman–Crippen LogP) is 8.14. The summed E-state index contributed by atoms with van der Waals surface area (Å²) in [5, 5.41) is 1.14. The highest BCUT2D eigenvalue weighted by atomic mass is 32.1. The molecule has 3 aromatic heterocycles. The fourth-order valence-corrected chi connectivity index (χ4v) is 5.71. The molecule has 0 aliphatic heterocycles. The number of thiophene rings is 2. The van der Waals surface area contributed by atoms with Gasteiger partial charge in [0.15, 0.2) is 0 Å². The molecule has 5 aromatic rings. The highest BCUT2D eigenvalue weighted by Gasteiger charge is 2.25. The van der Waals surface area contributed by atoms with Crippen molar-refractivity contribution >= 4 is 89.8 Å². The second-order valence-corrected chi connectivity index (χ2v) is 10.0. The second kappa shape index (κ2) is 12.4. The number of fused-ring (bicyclic) bond motifs is 2. The van der Waals surface area contributed by atoms with Gasteiger partial charge in [0.25, 0.3) is 0 Å². The zero-order valence-electron chi connectivity index (χ0n) is 21.5. The van der Waals surface area contributed by atoms with E-state index in [9.17, 15) is 9.59 Å². The van der Waals surface area contributed by atoms with E-state index in [1.807, 2.05) is 60.7 Å². The van der Waals surface area contributed by atoms with Crippen LogP contribution in [0, 0.1) is 0 Å². The number of carbonyl (C=O) groups is 2. The average Bonchev–Trinajstić information content (AvgIpc) is 3.51. The van der Waals surface area contributed by atoms with Gasteiger partial charge in [-0.15, -0.1) is 22.7 Å². The van der Waals surface area contributed by atoms with Crippen molar-refractivity contribution in [1.29, 1.82) is 0 Å². The standard InChI is InChI=1S/C29H21N5O4S2/c1-3-37-28(35)24-22(32-16-30-18-11-7-5-8-12-18)20-15-21-23(33-17-31-19-13-9-6-10-14-19)25(29(36)38-4-2)40-27(21)34-26(20)39-24/h5-15H,3-4H2,1-2H3. The number of hydrogen-bond acceptors (Lipinski definition) is 11. The number of pyridine rings is 1. The summed E-state index contributed by atoms with van der Waals surface area (Å²) in [4.78, 5) is 49.3. The average molecular weight is 568 g/mol. The van der Waals surface area contributed by atoms with Crippen LogP contribution in [0.15, 0.2) is 86.7 Å². The van der Waals surface area contributed by atoms with Gasteiger partial charge >= 0.3 is 11.9 Å². The summed E-state index contributed by atoms with van der Waals surface area (Å²) in [6.07, 6.45) is 0. The Kier molecular flexibility index (Phi) is 8.29. The summed E-state index contributed by atoms with van der Waals surface area (Å²) in [6, 6.07) is 25.6. The number of nitrogens with zero attached hydrogens (tertiary/aromatic N) is 5. The van der Waals surface area contributed by atoms with Crippen LogP contribution < -0.4 is 0 Å². The van der Waals surface area contributed by atoms with E-state index in [1.54, 1.807) is 19.9 Å². The van der Waals surface area contributed by atoms with E-state index in [-0.39, 0.29) is 23.0 Å². The van der Waals surface area contributed by atoms with E-state index in [0.29, 0.717) is 43.2 Å². The molecule has 0 saturated heterocycles. The lowest BCUT2D eigenvalue weighted by atomic mass is 10.2. The van der Waals surface area contributed by atoms with Crippen LogP contribution in [0.3, 0.4) is 0 Å². The van der Waals surface area contributed by atoms with E-state index in [1.165, 1.54) is 0 Å². The van der Waals surface area contributed by atoms with Crippen LogP contribution in [0.25, 0.3) is 20.4 Å². The van der Waals surface area contributed by atoms with Gasteiger partial charge in [-0.05, 0) is 44.2 Å². The van der Waals surface area contributed by atoms with Gasteiger partial charge in [-0.3, -0.25) is 0 Å². The third-order valence-corrected chi connectivity index (χ3v) is 7.54. The maximum Gasteiger partial charge on any atom is 0.350 e. The van der Waals surface area contributed by atoms with Gasteiger partial charge < -0.3 is 9.47 Å². The Morgan fingerprint density at radius 2 is 1.12 bits per heavy atom. The Bertz CT molecular complexity index is 1700. The first-order valence-corrected chi connectivity index (χ1v) is 13.9. The maximum absolute atomic E-state index is 12.8. The third-order valence-electron chi connectivity index (χ3n) is 5.41. The van der Waals surface area contributed by atoms with Crippen molar-refractivity contribution in [2.75, 3.05) is 13.2 Å². The molecule has 0 atom stereocenters. The van der Waals surface area contributed by atoms with Gasteiger partial charge in [0.05, 0.1) is 24.6 Å². The molecule has 0 aliphatic carbocycles. The first kappa shape index (κ1) is 26.8. The zero-order valence-corrected chi connectivity index (χ0v) is 23.1. The summed E-state index contributed by atoms with van der Waals surface area (Å²) in [5.41, 5.74) is 1.97. The molecular formula is C29H21N5O4S2. The fourth-order valence-electron chi connectivity index (χ4n) is 3.67. The lowest BCUT2D eigenvalue weighted by Crippen LogP contribution is -2.02. The lowest BCUT2D eigenvalue weighted by Gasteiger charge is -1.99. The number of esters is 2. The second-order valence-electron chi connectivity index (χ2n) is 8.01. The summed E-state index contributed by atoms with van der Waals surface area (Å²) in [7, 11) is 0. The SMILES string of the molecule is CCOC(=O)c1sc2nc3sc(C(=O)OCC)c(N=C=Nc4ccccc4)c3cc2c1N=C=Nc1ccccc1. The zero-order chi connectivity index (χ0) is 27.9. The molecule has 0 spiro atoms. The molecule has 0 radical (unpaired) electrons. The molecule has 9 nitrogen and oxygen atoms in total. The molecule has 0 N–H and O–H groups in total. The number of aromatic nitrogens is 1. The topological polar surface area (TPSA) is 115 Å². The van der Waals surface area contributed by atoms with Crippen molar-refractivity contribution < 1.29 is 19.1 Å². The van der Waals surface area contributed by atoms with E-state index >= 15 is 0 Å². The number of ether oxygens (including phenoxy) is 2. The number of hydrogen-bond donors (Lipinski definition) is 0. The summed E-state index contributed by atoms with van der Waals surface area (Å²) < 4.78 is 10.5. The van der Waals surface area contributed by atoms with E-state index < -0.39 is 11.9 Å². The minimum Gasteiger partial charge on any atom is -0.462 e. The van der Waals surface area contributed by atoms with E-state index in [0.717, 1.165) is 22.7 Å². The van der Waals surface area contributed by atoms with Crippen molar-refractivity contribution in [2.45, 2.75) is 13.8 Å². The van der Waals surface area contributed by atoms with Gasteiger partial charge in [0, 0.05) is 10.8 Å². The number of para-hydroxylation sites is 2. The Labute approximate surface area is 236 Å². The van der Waals surface area contributed by atoms with Crippen LogP contribution in [0.4, 0.5) is 22.7 Å². The number of rotatable bonds is 8. The largest absolute Gasteiger partial charge is 0.462 e. The molecule has 0 unspecified atom stereocenters. The molecule has 2 aromatic carbocycles. The van der Waals surface area contributed by atoms with Crippen molar-refractivity contribution in [3.05, 3.63) is 76.5 Å². The number of carbonyl (C=O) groups excluding carboxylic acids is 2. The Morgan fingerprint density at radius 1 is 0.700 bits per heavy atom. The van der Waals surface area contributed by atoms with E-state index in [4.69, 9.17) is 14.5 Å². The van der Waals surface area contributed by atoms with Crippen molar-refractivity contribution in [3.8, 4) is 0 Å². The monoisotopic (exact) mass is 567 g/mol. The normalized spacial score (nSPS) is 10.4. The minimum absolute atomic E-state index is 0.208.